The molecule has 1 aromatic heterocycles. The zero-order chi connectivity index (χ0) is 15.0. The van der Waals surface area contributed by atoms with Crippen molar-refractivity contribution in [3.8, 4) is 17.2 Å². The molecule has 1 heterocycles. The van der Waals surface area contributed by atoms with Crippen LogP contribution in [0.5, 0.6) is 5.75 Å². The number of aromatic nitrogens is 1. The van der Waals surface area contributed by atoms with E-state index >= 15 is 0 Å². The molecule has 0 saturated carbocycles. The zero-order valence-corrected chi connectivity index (χ0v) is 12.4. The van der Waals surface area contributed by atoms with Crippen molar-refractivity contribution in [2.24, 2.45) is 0 Å². The first-order chi connectivity index (χ1) is 10.1. The van der Waals surface area contributed by atoms with Crippen molar-refractivity contribution in [2.75, 3.05) is 7.11 Å². The number of fused-ring (bicyclic) bond motifs is 1. The van der Waals surface area contributed by atoms with Crippen LogP contribution in [0.4, 0.5) is 0 Å². The van der Waals surface area contributed by atoms with Gasteiger partial charge in [0.25, 0.3) is 0 Å². The molecule has 106 valence electrons. The first-order valence-electron chi connectivity index (χ1n) is 6.03. The average Bonchev–Trinajstić information content (AvgIpc) is 2.51. The number of hydrogen-bond acceptors (Lipinski definition) is 4. The molecule has 0 unspecified atom stereocenters. The van der Waals surface area contributed by atoms with Gasteiger partial charge in [-0.25, -0.2) is 9.78 Å². The van der Waals surface area contributed by atoms with E-state index in [4.69, 9.17) is 32.4 Å². The Bertz CT molecular complexity index is 872. The van der Waals surface area contributed by atoms with Crippen LogP contribution in [0.2, 0.25) is 10.0 Å². The lowest BCUT2D eigenvalue weighted by Crippen LogP contribution is -2.03. The van der Waals surface area contributed by atoms with Gasteiger partial charge in [0.05, 0.1) is 22.5 Å². The number of methoxy groups -OCH3 is 1. The Balaban J connectivity index is 2.23. The van der Waals surface area contributed by atoms with Crippen LogP contribution in [0, 0.1) is 0 Å². The molecule has 21 heavy (non-hydrogen) atoms. The van der Waals surface area contributed by atoms with Crippen molar-refractivity contribution in [3.63, 3.8) is 0 Å². The van der Waals surface area contributed by atoms with Crippen LogP contribution in [0.3, 0.4) is 0 Å². The molecule has 0 radical (unpaired) electrons. The first-order valence-corrected chi connectivity index (χ1v) is 6.79. The summed E-state index contributed by atoms with van der Waals surface area (Å²) in [7, 11) is 1.57. The summed E-state index contributed by atoms with van der Waals surface area (Å²) in [4.78, 5) is 16.3. The summed E-state index contributed by atoms with van der Waals surface area (Å²) in [5, 5.41) is 0.862. The van der Waals surface area contributed by atoms with Crippen molar-refractivity contribution in [3.05, 3.63) is 56.9 Å². The molecule has 6 heteroatoms. The second-order valence-electron chi connectivity index (χ2n) is 4.29. The predicted molar refractivity (Wildman–Crippen MR) is 82.3 cm³/mol. The van der Waals surface area contributed by atoms with E-state index in [2.05, 4.69) is 4.98 Å². The predicted octanol–water partition coefficient (Wildman–Crippen LogP) is 4.17. The van der Waals surface area contributed by atoms with Gasteiger partial charge in [-0.15, -0.1) is 0 Å². The lowest BCUT2D eigenvalue weighted by molar-refractivity contribution is 0.415. The number of ether oxygens (including phenoxy) is 1. The lowest BCUT2D eigenvalue weighted by atomic mass is 10.2. The van der Waals surface area contributed by atoms with Crippen molar-refractivity contribution in [1.82, 2.24) is 4.98 Å². The molecule has 2 aromatic carbocycles. The number of hydrogen-bond donors (Lipinski definition) is 0. The van der Waals surface area contributed by atoms with E-state index in [-0.39, 0.29) is 10.9 Å². The summed E-state index contributed by atoms with van der Waals surface area (Å²) < 4.78 is 10.3. The van der Waals surface area contributed by atoms with Gasteiger partial charge in [-0.2, -0.15) is 0 Å². The second-order valence-corrected chi connectivity index (χ2v) is 5.08. The van der Waals surface area contributed by atoms with E-state index in [1.54, 1.807) is 37.4 Å². The summed E-state index contributed by atoms with van der Waals surface area (Å²) in [5.74, 6) is 0.877. The number of nitrogens with zero attached hydrogens (tertiary/aromatic N) is 1. The molecule has 0 aliphatic rings. The summed E-state index contributed by atoms with van der Waals surface area (Å²) in [6.07, 6.45) is 0. The van der Waals surface area contributed by atoms with Gasteiger partial charge >= 0.3 is 5.63 Å². The Morgan fingerprint density at radius 1 is 1.10 bits per heavy atom. The van der Waals surface area contributed by atoms with Crippen LogP contribution >= 0.6 is 23.2 Å². The molecule has 3 rings (SSSR count). The van der Waals surface area contributed by atoms with Crippen LogP contribution in [-0.2, 0) is 0 Å². The highest BCUT2D eigenvalue weighted by molar-refractivity contribution is 6.44. The van der Waals surface area contributed by atoms with E-state index in [9.17, 15) is 4.79 Å². The Labute approximate surface area is 129 Å². The second kappa shape index (κ2) is 5.39. The van der Waals surface area contributed by atoms with Crippen LogP contribution in [0.25, 0.3) is 22.4 Å². The molecular weight excluding hydrogens is 313 g/mol. The minimum absolute atomic E-state index is 0.180. The maximum Gasteiger partial charge on any atom is 0.347 e. The van der Waals surface area contributed by atoms with Gasteiger partial charge in [-0.05, 0) is 36.4 Å². The molecule has 3 aromatic rings. The molecule has 0 fully saturated rings. The Morgan fingerprint density at radius 2 is 1.81 bits per heavy atom. The molecule has 0 atom stereocenters. The first kappa shape index (κ1) is 13.9. The lowest BCUT2D eigenvalue weighted by Gasteiger charge is -2.05. The van der Waals surface area contributed by atoms with E-state index in [0.29, 0.717) is 27.2 Å². The minimum Gasteiger partial charge on any atom is -0.497 e. The van der Waals surface area contributed by atoms with Crippen LogP contribution in [-0.4, -0.2) is 12.1 Å². The number of rotatable bonds is 2. The molecule has 0 N–H and O–H groups in total. The third-order valence-electron chi connectivity index (χ3n) is 3.03. The molecule has 0 saturated heterocycles. The zero-order valence-electron chi connectivity index (χ0n) is 10.9. The maximum absolute atomic E-state index is 12.0. The van der Waals surface area contributed by atoms with Crippen LogP contribution in [0.15, 0.2) is 45.6 Å². The van der Waals surface area contributed by atoms with E-state index in [1.165, 1.54) is 6.07 Å². The third kappa shape index (κ3) is 2.48. The van der Waals surface area contributed by atoms with Gasteiger partial charge in [0, 0.05) is 5.56 Å². The van der Waals surface area contributed by atoms with Gasteiger partial charge in [-0.1, -0.05) is 23.2 Å². The smallest absolute Gasteiger partial charge is 0.347 e. The van der Waals surface area contributed by atoms with Gasteiger partial charge in [0.1, 0.15) is 11.3 Å². The third-order valence-corrected chi connectivity index (χ3v) is 3.82. The molecule has 0 bridgehead atoms. The van der Waals surface area contributed by atoms with Gasteiger partial charge in [-0.3, -0.25) is 0 Å². The van der Waals surface area contributed by atoms with Crippen molar-refractivity contribution >= 4 is 34.1 Å². The molecule has 0 aliphatic heterocycles. The maximum atomic E-state index is 12.0. The van der Waals surface area contributed by atoms with Crippen LogP contribution < -0.4 is 10.4 Å². The molecular formula is C15H9Cl2NO3. The van der Waals surface area contributed by atoms with Gasteiger partial charge in [0.2, 0.25) is 5.89 Å². The highest BCUT2D eigenvalue weighted by Crippen LogP contribution is 2.30. The molecule has 0 amide bonds. The Kier molecular flexibility index (Phi) is 3.57. The summed E-state index contributed by atoms with van der Waals surface area (Å²) in [6, 6.07) is 10.1. The SMILES string of the molecule is COc1ccc(-c2nc3c(Cl)c(Cl)ccc3c(=O)o2)cc1. The fraction of sp³-hybridized carbons (Fsp3) is 0.0667. The summed E-state index contributed by atoms with van der Waals surface area (Å²) in [5.41, 5.74) is 0.460. The van der Waals surface area contributed by atoms with Crippen LogP contribution in [0.1, 0.15) is 0 Å². The normalized spacial score (nSPS) is 10.8. The van der Waals surface area contributed by atoms with Gasteiger partial charge < -0.3 is 9.15 Å². The number of benzene rings is 2. The quantitative estimate of drug-likeness (QED) is 0.710. The monoisotopic (exact) mass is 321 g/mol. The van der Waals surface area contributed by atoms with E-state index in [1.807, 2.05) is 0 Å². The van der Waals surface area contributed by atoms with Crippen molar-refractivity contribution in [2.45, 2.75) is 0 Å². The average molecular weight is 322 g/mol. The number of halogens is 2. The summed E-state index contributed by atoms with van der Waals surface area (Å²) >= 11 is 12.1. The highest BCUT2D eigenvalue weighted by Gasteiger charge is 2.13. The Hall–Kier alpha value is -2.04. The van der Waals surface area contributed by atoms with Gasteiger partial charge in [0.15, 0.2) is 0 Å². The standard InChI is InChI=1S/C15H9Cl2NO3/c1-20-9-4-2-8(3-5-9)14-18-13-10(15(19)21-14)6-7-11(16)12(13)17/h2-7H,1H3. The fourth-order valence-corrected chi connectivity index (χ4v) is 2.30. The fourth-order valence-electron chi connectivity index (χ4n) is 1.94. The highest BCUT2D eigenvalue weighted by atomic mass is 35.5. The van der Waals surface area contributed by atoms with Crippen molar-refractivity contribution < 1.29 is 9.15 Å². The topological polar surface area (TPSA) is 52.3 Å². The summed E-state index contributed by atoms with van der Waals surface area (Å²) in [6.45, 7) is 0. The molecule has 0 spiro atoms. The molecule has 0 aliphatic carbocycles. The minimum atomic E-state index is -0.510. The Morgan fingerprint density at radius 3 is 2.48 bits per heavy atom. The largest absolute Gasteiger partial charge is 0.497 e. The van der Waals surface area contributed by atoms with Crippen molar-refractivity contribution in [1.29, 1.82) is 0 Å². The van der Waals surface area contributed by atoms with E-state index in [0.717, 1.165) is 0 Å². The molecule has 4 nitrogen and oxygen atoms in total. The van der Waals surface area contributed by atoms with E-state index < -0.39 is 5.63 Å².